The van der Waals surface area contributed by atoms with Crippen molar-refractivity contribution < 1.29 is 14.3 Å². The Bertz CT molecular complexity index is 1460. The molecule has 1 heterocycles. The van der Waals surface area contributed by atoms with Crippen LogP contribution in [0.2, 0.25) is 0 Å². The maximum Gasteiger partial charge on any atom is 0.306 e. The Morgan fingerprint density at radius 1 is 1.03 bits per heavy atom. The van der Waals surface area contributed by atoms with Crippen LogP contribution in [0.5, 0.6) is 0 Å². The number of aromatic amines is 1. The van der Waals surface area contributed by atoms with Crippen LogP contribution in [0.4, 0.5) is 0 Å². The third-order valence-electron chi connectivity index (χ3n) is 7.14. The second-order valence-electron chi connectivity index (χ2n) is 11.4. The second kappa shape index (κ2) is 10.0. The first-order valence-corrected chi connectivity index (χ1v) is 13.3. The summed E-state index contributed by atoms with van der Waals surface area (Å²) < 4.78 is 5.45. The molecule has 1 aromatic heterocycles. The van der Waals surface area contributed by atoms with Crippen LogP contribution in [-0.4, -0.2) is 22.5 Å². The Hall–Kier alpha value is -3.60. The number of nitrogens with one attached hydrogen (secondary N) is 2. The van der Waals surface area contributed by atoms with Crippen LogP contribution < -0.4 is 5.32 Å². The van der Waals surface area contributed by atoms with E-state index in [0.29, 0.717) is 25.2 Å². The van der Waals surface area contributed by atoms with Crippen molar-refractivity contribution in [3.05, 3.63) is 83.0 Å². The van der Waals surface area contributed by atoms with E-state index in [2.05, 4.69) is 59.7 Å². The number of aromatic nitrogens is 1. The van der Waals surface area contributed by atoms with Gasteiger partial charge in [0.15, 0.2) is 0 Å². The van der Waals surface area contributed by atoms with Gasteiger partial charge in [0.05, 0.1) is 12.5 Å². The summed E-state index contributed by atoms with van der Waals surface area (Å²) in [6, 6.07) is 18.9. The van der Waals surface area contributed by atoms with Crippen molar-refractivity contribution >= 4 is 33.6 Å². The Kier molecular flexibility index (Phi) is 6.80. The van der Waals surface area contributed by atoms with Crippen molar-refractivity contribution in [3.63, 3.8) is 0 Å². The molecule has 1 unspecified atom stereocenters. The van der Waals surface area contributed by atoms with Crippen LogP contribution >= 0.6 is 0 Å². The molecule has 1 saturated carbocycles. The summed E-state index contributed by atoms with van der Waals surface area (Å²) >= 11 is 0. The third kappa shape index (κ3) is 5.87. The number of carbonyl (C=O) groups is 2. The number of hydrogen-bond acceptors (Lipinski definition) is 3. The molecule has 5 rings (SSSR count). The lowest BCUT2D eigenvalue weighted by Crippen LogP contribution is -2.31. The molecule has 192 valence electrons. The average molecular weight is 497 g/mol. The highest BCUT2D eigenvalue weighted by molar-refractivity contribution is 5.90. The zero-order valence-corrected chi connectivity index (χ0v) is 22.2. The minimum absolute atomic E-state index is 0.0263. The molecule has 0 saturated heterocycles. The number of ether oxygens (including phenoxy) is 1. The van der Waals surface area contributed by atoms with Gasteiger partial charge in [0, 0.05) is 23.5 Å². The monoisotopic (exact) mass is 496 g/mol. The minimum Gasteiger partial charge on any atom is -0.460 e. The predicted molar refractivity (Wildman–Crippen MR) is 148 cm³/mol. The number of rotatable bonds is 8. The van der Waals surface area contributed by atoms with Gasteiger partial charge in [0.2, 0.25) is 5.91 Å². The van der Waals surface area contributed by atoms with Gasteiger partial charge in [0.1, 0.15) is 5.60 Å². The predicted octanol–water partition coefficient (Wildman–Crippen LogP) is 6.71. The molecule has 2 N–H and O–H groups in total. The van der Waals surface area contributed by atoms with E-state index in [4.69, 9.17) is 4.74 Å². The highest BCUT2D eigenvalue weighted by atomic mass is 16.6. The van der Waals surface area contributed by atoms with E-state index in [1.165, 1.54) is 21.9 Å². The number of benzene rings is 3. The minimum atomic E-state index is -0.485. The van der Waals surface area contributed by atoms with E-state index in [1.807, 2.05) is 39.1 Å². The quantitative estimate of drug-likeness (QED) is 0.266. The summed E-state index contributed by atoms with van der Waals surface area (Å²) in [5.74, 6) is 0.320. The van der Waals surface area contributed by atoms with Crippen LogP contribution in [0.25, 0.3) is 21.7 Å². The maximum atomic E-state index is 13.3. The van der Waals surface area contributed by atoms with Crippen LogP contribution in [0, 0.1) is 12.8 Å². The molecule has 0 bridgehead atoms. The lowest BCUT2D eigenvalue weighted by molar-refractivity contribution is -0.154. The molecule has 3 aromatic carbocycles. The molecule has 1 aliphatic rings. The first kappa shape index (κ1) is 25.1. The Labute approximate surface area is 218 Å². The fraction of sp³-hybridized carbons (Fsp3) is 0.375. The molecule has 1 fully saturated rings. The molecule has 5 nitrogen and oxygen atoms in total. The topological polar surface area (TPSA) is 71.2 Å². The summed E-state index contributed by atoms with van der Waals surface area (Å²) in [6.07, 6.45) is 5.47. The van der Waals surface area contributed by atoms with E-state index in [9.17, 15) is 9.59 Å². The number of amides is 1. The normalized spacial score (nSPS) is 14.6. The smallest absolute Gasteiger partial charge is 0.306 e. The Balaban J connectivity index is 1.30. The zero-order valence-electron chi connectivity index (χ0n) is 22.2. The van der Waals surface area contributed by atoms with E-state index in [1.54, 1.807) is 0 Å². The van der Waals surface area contributed by atoms with Crippen molar-refractivity contribution in [1.29, 1.82) is 0 Å². The largest absolute Gasteiger partial charge is 0.460 e. The number of aryl methyl sites for hydroxylation is 2. The van der Waals surface area contributed by atoms with Crippen LogP contribution in [-0.2, 0) is 27.2 Å². The molecule has 4 aromatic rings. The number of H-pyrrole nitrogens is 1. The Morgan fingerprint density at radius 2 is 1.78 bits per heavy atom. The van der Waals surface area contributed by atoms with Crippen LogP contribution in [0.1, 0.15) is 68.3 Å². The number of carbonyl (C=O) groups excluding carboxylic acids is 2. The first-order chi connectivity index (χ1) is 17.7. The van der Waals surface area contributed by atoms with Crippen molar-refractivity contribution in [2.24, 2.45) is 5.92 Å². The summed E-state index contributed by atoms with van der Waals surface area (Å²) in [5.41, 5.74) is 5.01. The molecular formula is C32H36N2O3. The van der Waals surface area contributed by atoms with Gasteiger partial charge in [0.25, 0.3) is 0 Å². The second-order valence-corrected chi connectivity index (χ2v) is 11.4. The lowest BCUT2D eigenvalue weighted by Gasteiger charge is -2.21. The standard InChI is InChI=1S/C32H36N2O3/c1-20-9-14-26(25-8-6-5-7-24(20)25)31(22-11-12-22)34-29(35)18-21-10-15-28-27(17-21)23(19-33-28)13-16-30(36)37-32(2,3)4/h5-10,14-15,17,19,22,31,33H,11-13,16,18H2,1-4H3,(H,34,35). The first-order valence-electron chi connectivity index (χ1n) is 13.3. The van der Waals surface area contributed by atoms with E-state index < -0.39 is 5.60 Å². The van der Waals surface area contributed by atoms with Gasteiger partial charge >= 0.3 is 5.97 Å². The van der Waals surface area contributed by atoms with Crippen molar-refractivity contribution in [1.82, 2.24) is 10.3 Å². The SMILES string of the molecule is Cc1ccc(C(NC(=O)Cc2ccc3[nH]cc(CCC(=O)OC(C)(C)C)c3c2)C2CC2)c2ccccc12. The molecule has 0 spiro atoms. The zero-order chi connectivity index (χ0) is 26.2. The van der Waals surface area contributed by atoms with E-state index in [-0.39, 0.29) is 17.9 Å². The fourth-order valence-corrected chi connectivity index (χ4v) is 5.20. The number of hydrogen-bond donors (Lipinski definition) is 2. The van der Waals surface area contributed by atoms with E-state index >= 15 is 0 Å². The van der Waals surface area contributed by atoms with Gasteiger partial charge in [-0.25, -0.2) is 0 Å². The third-order valence-corrected chi connectivity index (χ3v) is 7.14. The maximum absolute atomic E-state index is 13.3. The molecule has 0 aliphatic heterocycles. The summed E-state index contributed by atoms with van der Waals surface area (Å²) in [6.45, 7) is 7.77. The van der Waals surface area contributed by atoms with Crippen molar-refractivity contribution in [2.75, 3.05) is 0 Å². The van der Waals surface area contributed by atoms with Gasteiger partial charge in [-0.15, -0.1) is 0 Å². The molecule has 5 heteroatoms. The highest BCUT2D eigenvalue weighted by Crippen LogP contribution is 2.43. The van der Waals surface area contributed by atoms with E-state index in [0.717, 1.165) is 34.9 Å². The molecule has 1 amide bonds. The lowest BCUT2D eigenvalue weighted by atomic mass is 9.93. The molecule has 37 heavy (non-hydrogen) atoms. The number of esters is 1. The van der Waals surface area contributed by atoms with Gasteiger partial charge in [-0.05, 0) is 98.0 Å². The number of fused-ring (bicyclic) bond motifs is 2. The summed E-state index contributed by atoms with van der Waals surface area (Å²) in [7, 11) is 0. The van der Waals surface area contributed by atoms with Gasteiger partial charge < -0.3 is 15.0 Å². The van der Waals surface area contributed by atoms with Gasteiger partial charge in [-0.3, -0.25) is 9.59 Å². The van der Waals surface area contributed by atoms with Crippen LogP contribution in [0.15, 0.2) is 60.8 Å². The molecular weight excluding hydrogens is 460 g/mol. The fourth-order valence-electron chi connectivity index (χ4n) is 5.20. The Morgan fingerprint density at radius 3 is 2.51 bits per heavy atom. The van der Waals surface area contributed by atoms with Crippen molar-refractivity contribution in [2.45, 2.75) is 71.4 Å². The molecule has 1 atom stereocenters. The average Bonchev–Trinajstić information content (AvgIpc) is 3.61. The highest BCUT2D eigenvalue weighted by Gasteiger charge is 2.34. The van der Waals surface area contributed by atoms with Gasteiger partial charge in [-0.1, -0.05) is 42.5 Å². The molecule has 1 aliphatic carbocycles. The van der Waals surface area contributed by atoms with Gasteiger partial charge in [-0.2, -0.15) is 0 Å². The summed E-state index contributed by atoms with van der Waals surface area (Å²) in [5, 5.41) is 6.89. The van der Waals surface area contributed by atoms with Crippen molar-refractivity contribution in [3.8, 4) is 0 Å². The van der Waals surface area contributed by atoms with Crippen LogP contribution in [0.3, 0.4) is 0 Å². The molecule has 0 radical (unpaired) electrons. The summed E-state index contributed by atoms with van der Waals surface area (Å²) in [4.78, 5) is 28.7.